The van der Waals surface area contributed by atoms with Crippen molar-refractivity contribution in [2.45, 2.75) is 20.4 Å². The molecule has 0 amide bonds. The van der Waals surface area contributed by atoms with Gasteiger partial charge in [0.05, 0.1) is 16.4 Å². The van der Waals surface area contributed by atoms with Crippen molar-refractivity contribution in [2.24, 2.45) is 7.05 Å². The Morgan fingerprint density at radius 1 is 1.19 bits per heavy atom. The van der Waals surface area contributed by atoms with Crippen molar-refractivity contribution < 1.29 is 0 Å². The van der Waals surface area contributed by atoms with Gasteiger partial charge in [-0.1, -0.05) is 23.2 Å². The van der Waals surface area contributed by atoms with E-state index in [0.29, 0.717) is 15.2 Å². The zero-order valence-electron chi connectivity index (χ0n) is 15.2. The largest absolute Gasteiger partial charge is 0.346 e. The van der Waals surface area contributed by atoms with Gasteiger partial charge in [0.1, 0.15) is 0 Å². The van der Waals surface area contributed by atoms with E-state index in [4.69, 9.17) is 35.4 Å². The number of benzene rings is 1. The van der Waals surface area contributed by atoms with Crippen LogP contribution in [-0.2, 0) is 13.6 Å². The first-order chi connectivity index (χ1) is 12.3. The second-order valence-electron chi connectivity index (χ2n) is 6.59. The van der Waals surface area contributed by atoms with E-state index in [-0.39, 0.29) is 0 Å². The summed E-state index contributed by atoms with van der Waals surface area (Å²) in [6.45, 7) is 8.80. The number of halogens is 2. The third-order valence-corrected chi connectivity index (χ3v) is 5.80. The summed E-state index contributed by atoms with van der Waals surface area (Å²) in [7, 11) is 1.99. The molecular formula is C18H23Cl2N5S. The van der Waals surface area contributed by atoms with Crippen LogP contribution in [0.3, 0.4) is 0 Å². The van der Waals surface area contributed by atoms with E-state index in [1.165, 1.54) is 11.3 Å². The maximum absolute atomic E-state index is 6.21. The van der Waals surface area contributed by atoms with Gasteiger partial charge >= 0.3 is 0 Å². The number of hydrogen-bond acceptors (Lipinski definition) is 3. The first-order valence-corrected chi connectivity index (χ1v) is 9.74. The summed E-state index contributed by atoms with van der Waals surface area (Å²) in [5.41, 5.74) is 4.42. The zero-order valence-corrected chi connectivity index (χ0v) is 17.5. The standard InChI is InChI=1S/C18H23Cl2N5S/c1-12-15(13(2)23(3)22-12)11-24-6-8-25(9-7-24)18(26)21-17-10-14(19)4-5-16(17)20/h4-5,10H,6-9,11H2,1-3H3,(H,21,26). The van der Waals surface area contributed by atoms with Crippen molar-refractivity contribution in [3.8, 4) is 0 Å². The fourth-order valence-corrected chi connectivity index (χ4v) is 3.80. The highest BCUT2D eigenvalue weighted by atomic mass is 35.5. The van der Waals surface area contributed by atoms with E-state index in [0.717, 1.165) is 44.1 Å². The Morgan fingerprint density at radius 2 is 1.88 bits per heavy atom. The summed E-state index contributed by atoms with van der Waals surface area (Å²) in [6, 6.07) is 5.32. The Balaban J connectivity index is 1.56. The molecule has 0 spiro atoms. The Kier molecular flexibility index (Phi) is 6.07. The lowest BCUT2D eigenvalue weighted by atomic mass is 10.1. The van der Waals surface area contributed by atoms with Gasteiger partial charge < -0.3 is 10.2 Å². The molecule has 5 nitrogen and oxygen atoms in total. The number of rotatable bonds is 3. The van der Waals surface area contributed by atoms with Crippen LogP contribution in [0.2, 0.25) is 10.0 Å². The number of aromatic nitrogens is 2. The van der Waals surface area contributed by atoms with Gasteiger partial charge in [0, 0.05) is 56.1 Å². The average Bonchev–Trinajstić information content (AvgIpc) is 2.85. The Bertz CT molecular complexity index is 812. The van der Waals surface area contributed by atoms with E-state index in [1.54, 1.807) is 18.2 Å². The molecule has 0 saturated carbocycles. The summed E-state index contributed by atoms with van der Waals surface area (Å²) < 4.78 is 1.95. The molecule has 26 heavy (non-hydrogen) atoms. The molecule has 0 radical (unpaired) electrons. The highest BCUT2D eigenvalue weighted by Gasteiger charge is 2.21. The molecule has 1 aromatic carbocycles. The number of nitrogens with one attached hydrogen (secondary N) is 1. The first-order valence-electron chi connectivity index (χ1n) is 8.57. The van der Waals surface area contributed by atoms with Crippen molar-refractivity contribution in [3.05, 3.63) is 45.2 Å². The maximum atomic E-state index is 6.21. The molecule has 140 valence electrons. The van der Waals surface area contributed by atoms with Crippen molar-refractivity contribution in [2.75, 3.05) is 31.5 Å². The lowest BCUT2D eigenvalue weighted by Gasteiger charge is -2.36. The van der Waals surface area contributed by atoms with E-state index in [9.17, 15) is 0 Å². The van der Waals surface area contributed by atoms with Crippen LogP contribution in [0, 0.1) is 13.8 Å². The topological polar surface area (TPSA) is 36.3 Å². The minimum absolute atomic E-state index is 0.609. The third kappa shape index (κ3) is 4.31. The molecule has 0 unspecified atom stereocenters. The lowest BCUT2D eigenvalue weighted by Crippen LogP contribution is -2.49. The second kappa shape index (κ2) is 8.13. The van der Waals surface area contributed by atoms with Crippen LogP contribution in [0.4, 0.5) is 5.69 Å². The quantitative estimate of drug-likeness (QED) is 0.775. The summed E-state index contributed by atoms with van der Waals surface area (Å²) in [6.07, 6.45) is 0. The van der Waals surface area contributed by atoms with Gasteiger partial charge in [-0.05, 0) is 44.3 Å². The Labute approximate surface area is 169 Å². The molecule has 1 aliphatic heterocycles. The average molecular weight is 412 g/mol. The first kappa shape index (κ1) is 19.4. The predicted octanol–water partition coefficient (Wildman–Crippen LogP) is 3.86. The molecule has 1 N–H and O–H groups in total. The lowest BCUT2D eigenvalue weighted by molar-refractivity contribution is 0.176. The summed E-state index contributed by atoms with van der Waals surface area (Å²) >= 11 is 17.8. The van der Waals surface area contributed by atoms with Crippen LogP contribution in [0.25, 0.3) is 0 Å². The normalized spacial score (nSPS) is 15.3. The molecule has 1 fully saturated rings. The van der Waals surface area contributed by atoms with Crippen LogP contribution in [-0.4, -0.2) is 50.9 Å². The minimum atomic E-state index is 0.609. The molecule has 0 aliphatic carbocycles. The molecular weight excluding hydrogens is 389 g/mol. The maximum Gasteiger partial charge on any atom is 0.173 e. The third-order valence-electron chi connectivity index (χ3n) is 4.87. The molecule has 0 bridgehead atoms. The Morgan fingerprint density at radius 3 is 2.50 bits per heavy atom. The van der Waals surface area contributed by atoms with E-state index < -0.39 is 0 Å². The van der Waals surface area contributed by atoms with Gasteiger partial charge in [-0.2, -0.15) is 5.10 Å². The number of anilines is 1. The van der Waals surface area contributed by atoms with Crippen LogP contribution >= 0.6 is 35.4 Å². The molecule has 8 heteroatoms. The van der Waals surface area contributed by atoms with Gasteiger partial charge in [0.2, 0.25) is 0 Å². The molecule has 2 heterocycles. The van der Waals surface area contributed by atoms with Gasteiger partial charge in [0.15, 0.2) is 5.11 Å². The molecule has 0 atom stereocenters. The van der Waals surface area contributed by atoms with E-state index >= 15 is 0 Å². The second-order valence-corrected chi connectivity index (χ2v) is 7.82. The summed E-state index contributed by atoms with van der Waals surface area (Å²) in [4.78, 5) is 4.62. The van der Waals surface area contributed by atoms with Crippen molar-refractivity contribution in [1.82, 2.24) is 19.6 Å². The van der Waals surface area contributed by atoms with Crippen molar-refractivity contribution in [3.63, 3.8) is 0 Å². The highest BCUT2D eigenvalue weighted by Crippen LogP contribution is 2.26. The Hall–Kier alpha value is -1.34. The monoisotopic (exact) mass is 411 g/mol. The number of hydrogen-bond donors (Lipinski definition) is 1. The van der Waals surface area contributed by atoms with Gasteiger partial charge in [-0.3, -0.25) is 9.58 Å². The minimum Gasteiger partial charge on any atom is -0.346 e. The number of nitrogens with zero attached hydrogens (tertiary/aromatic N) is 4. The van der Waals surface area contributed by atoms with Crippen LogP contribution in [0.5, 0.6) is 0 Å². The van der Waals surface area contributed by atoms with Crippen LogP contribution in [0.15, 0.2) is 18.2 Å². The SMILES string of the molecule is Cc1nn(C)c(C)c1CN1CCN(C(=S)Nc2cc(Cl)ccc2Cl)CC1. The molecule has 1 aliphatic rings. The number of aryl methyl sites for hydroxylation is 2. The number of thiocarbonyl (C=S) groups is 1. The van der Waals surface area contributed by atoms with E-state index in [1.807, 2.05) is 11.7 Å². The molecule has 2 aromatic rings. The predicted molar refractivity (Wildman–Crippen MR) is 112 cm³/mol. The zero-order chi connectivity index (χ0) is 18.8. The van der Waals surface area contributed by atoms with Gasteiger partial charge in [-0.15, -0.1) is 0 Å². The molecule has 1 aromatic heterocycles. The van der Waals surface area contributed by atoms with Crippen LogP contribution in [0.1, 0.15) is 17.0 Å². The van der Waals surface area contributed by atoms with Crippen molar-refractivity contribution >= 4 is 46.2 Å². The van der Waals surface area contributed by atoms with Crippen LogP contribution < -0.4 is 5.32 Å². The van der Waals surface area contributed by atoms with Crippen molar-refractivity contribution in [1.29, 1.82) is 0 Å². The van der Waals surface area contributed by atoms with Gasteiger partial charge in [-0.25, -0.2) is 0 Å². The summed E-state index contributed by atoms with van der Waals surface area (Å²) in [5.74, 6) is 0. The van der Waals surface area contributed by atoms with E-state index in [2.05, 4.69) is 34.1 Å². The summed E-state index contributed by atoms with van der Waals surface area (Å²) in [5, 5.41) is 9.65. The fourth-order valence-electron chi connectivity index (χ4n) is 3.17. The smallest absolute Gasteiger partial charge is 0.173 e. The van der Waals surface area contributed by atoms with Gasteiger partial charge in [0.25, 0.3) is 0 Å². The fraction of sp³-hybridized carbons (Fsp3) is 0.444. The molecule has 1 saturated heterocycles. The highest BCUT2D eigenvalue weighted by molar-refractivity contribution is 7.80. The number of piperazine rings is 1. The molecule has 3 rings (SSSR count).